The number of aromatic nitrogens is 4. The summed E-state index contributed by atoms with van der Waals surface area (Å²) in [5, 5.41) is 15.0. The Morgan fingerprint density at radius 1 is 1.28 bits per heavy atom. The quantitative estimate of drug-likeness (QED) is 0.447. The van der Waals surface area contributed by atoms with Gasteiger partial charge in [-0.2, -0.15) is 0 Å². The number of halogens is 1. The van der Waals surface area contributed by atoms with Gasteiger partial charge in [-0.3, -0.25) is 4.40 Å². The van der Waals surface area contributed by atoms with E-state index in [1.807, 2.05) is 27.3 Å². The van der Waals surface area contributed by atoms with Crippen molar-refractivity contribution in [1.29, 1.82) is 0 Å². The van der Waals surface area contributed by atoms with E-state index in [0.717, 1.165) is 23.7 Å². The van der Waals surface area contributed by atoms with Crippen molar-refractivity contribution in [2.45, 2.75) is 0 Å². The first kappa shape index (κ1) is 20.9. The minimum absolute atomic E-state index is 0.431. The molecule has 12 heteroatoms. The molecule has 1 aliphatic heterocycles. The molecule has 0 saturated carbocycles. The van der Waals surface area contributed by atoms with Crippen LogP contribution in [-0.2, 0) is 11.2 Å². The van der Waals surface area contributed by atoms with Crippen LogP contribution in [-0.4, -0.2) is 70.5 Å². The molecule has 4 heterocycles. The molecule has 32 heavy (non-hydrogen) atoms. The number of hydrogen-bond acceptors (Lipinski definition) is 7. The molecule has 1 aliphatic rings. The molecular weight excluding hydrogens is 453 g/mol. The first-order valence-electron chi connectivity index (χ1n) is 9.91. The molecule has 1 unspecified atom stereocenters. The van der Waals surface area contributed by atoms with Crippen LogP contribution < -0.4 is 5.32 Å². The molecule has 0 spiro atoms. The van der Waals surface area contributed by atoms with E-state index < -0.39 is 22.7 Å². The largest absolute Gasteiger partial charge is 0.505 e. The smallest absolute Gasteiger partial charge is 0.223 e. The molecular formula is C20H20FN7O2S2. The molecule has 1 saturated heterocycles. The summed E-state index contributed by atoms with van der Waals surface area (Å²) < 4.78 is 31.3. The van der Waals surface area contributed by atoms with E-state index in [2.05, 4.69) is 20.3 Å². The van der Waals surface area contributed by atoms with Crippen molar-refractivity contribution in [3.05, 3.63) is 47.9 Å². The highest BCUT2D eigenvalue weighted by Gasteiger charge is 2.25. The van der Waals surface area contributed by atoms with Crippen molar-refractivity contribution >= 4 is 33.4 Å². The Bertz CT molecular complexity index is 1310. The van der Waals surface area contributed by atoms with Gasteiger partial charge in [0, 0.05) is 56.6 Å². The first-order valence-corrected chi connectivity index (χ1v) is 11.9. The fourth-order valence-electron chi connectivity index (χ4n) is 3.56. The zero-order chi connectivity index (χ0) is 22.2. The predicted molar refractivity (Wildman–Crippen MR) is 122 cm³/mol. The number of thiazole rings is 1. The number of imidazole rings is 1. The SMILES string of the molecule is CN1CCN(CCNc2nccc(-c3c(-c4ccc(F)c(O)c4)nc4sccn34)n2)S1=O. The third-order valence-corrected chi connectivity index (χ3v) is 7.46. The molecule has 166 valence electrons. The number of rotatable bonds is 6. The highest BCUT2D eigenvalue weighted by atomic mass is 32.2. The fraction of sp³-hybridized carbons (Fsp3) is 0.250. The fourth-order valence-corrected chi connectivity index (χ4v) is 5.39. The van der Waals surface area contributed by atoms with Crippen LogP contribution in [0.1, 0.15) is 0 Å². The van der Waals surface area contributed by atoms with Gasteiger partial charge >= 0.3 is 0 Å². The van der Waals surface area contributed by atoms with Gasteiger partial charge in [0.25, 0.3) is 0 Å². The standard InChI is InChI=1S/C20H20FN7O2S2/c1-26-8-9-27(32(26)30)7-6-23-19-22-5-4-15(24-19)18-17(25-20-28(18)10-11-31-20)13-2-3-14(21)16(29)12-13/h2-5,10-12,29H,6-9H2,1H3,(H,22,23,24). The van der Waals surface area contributed by atoms with E-state index in [1.54, 1.807) is 22.6 Å². The number of hydrogen-bond donors (Lipinski definition) is 2. The average molecular weight is 474 g/mol. The van der Waals surface area contributed by atoms with Crippen LogP contribution >= 0.6 is 11.3 Å². The number of aromatic hydroxyl groups is 1. The van der Waals surface area contributed by atoms with Crippen molar-refractivity contribution in [3.8, 4) is 28.4 Å². The van der Waals surface area contributed by atoms with Crippen molar-refractivity contribution in [2.24, 2.45) is 0 Å². The summed E-state index contributed by atoms with van der Waals surface area (Å²) in [6.07, 6.45) is 3.55. The molecule has 1 fully saturated rings. The molecule has 9 nitrogen and oxygen atoms in total. The van der Waals surface area contributed by atoms with Gasteiger partial charge in [-0.25, -0.2) is 32.2 Å². The second kappa shape index (κ2) is 8.54. The van der Waals surface area contributed by atoms with Crippen molar-refractivity contribution in [2.75, 3.05) is 38.5 Å². The third-order valence-electron chi connectivity index (χ3n) is 5.18. The number of nitrogens with zero attached hydrogens (tertiary/aromatic N) is 6. The number of benzene rings is 1. The van der Waals surface area contributed by atoms with Crippen LogP contribution in [0.2, 0.25) is 0 Å². The number of fused-ring (bicyclic) bond motifs is 1. The van der Waals surface area contributed by atoms with E-state index in [0.29, 0.717) is 36.0 Å². The Labute approximate surface area is 189 Å². The lowest BCUT2D eigenvalue weighted by molar-refractivity contribution is 0.432. The molecule has 1 aromatic carbocycles. The molecule has 0 amide bonds. The van der Waals surface area contributed by atoms with Gasteiger partial charge in [0.2, 0.25) is 5.95 Å². The van der Waals surface area contributed by atoms with E-state index >= 15 is 0 Å². The Morgan fingerprint density at radius 3 is 2.94 bits per heavy atom. The topological polar surface area (TPSA) is 98.9 Å². The number of phenolic OH excluding ortho intramolecular Hbond substituents is 1. The third kappa shape index (κ3) is 3.86. The molecule has 2 N–H and O–H groups in total. The zero-order valence-corrected chi connectivity index (χ0v) is 18.7. The van der Waals surface area contributed by atoms with Crippen LogP contribution in [0, 0.1) is 5.82 Å². The van der Waals surface area contributed by atoms with Gasteiger partial charge in [-0.1, -0.05) is 0 Å². The molecule has 5 rings (SSSR count). The maximum atomic E-state index is 13.6. The van der Waals surface area contributed by atoms with Crippen molar-refractivity contribution < 1.29 is 13.7 Å². The predicted octanol–water partition coefficient (Wildman–Crippen LogP) is 2.60. The van der Waals surface area contributed by atoms with E-state index in [4.69, 9.17) is 0 Å². The van der Waals surface area contributed by atoms with Gasteiger partial charge in [0.1, 0.15) is 5.69 Å². The molecule has 4 aromatic rings. The molecule has 0 radical (unpaired) electrons. The Hall–Kier alpha value is -2.93. The van der Waals surface area contributed by atoms with Crippen LogP contribution in [0.5, 0.6) is 5.75 Å². The lowest BCUT2D eigenvalue weighted by atomic mass is 10.1. The van der Waals surface area contributed by atoms with E-state index in [-0.39, 0.29) is 0 Å². The van der Waals surface area contributed by atoms with Crippen molar-refractivity contribution in [1.82, 2.24) is 28.0 Å². The first-order chi connectivity index (χ1) is 15.5. The second-order valence-corrected chi connectivity index (χ2v) is 9.71. The lowest BCUT2D eigenvalue weighted by Crippen LogP contribution is -2.29. The van der Waals surface area contributed by atoms with Gasteiger partial charge < -0.3 is 10.4 Å². The van der Waals surface area contributed by atoms with Gasteiger partial charge in [-0.05, 0) is 24.3 Å². The Morgan fingerprint density at radius 2 is 2.16 bits per heavy atom. The normalized spacial score (nSPS) is 17.4. The number of anilines is 1. The number of likely N-dealkylation sites (N-methyl/N-ethyl adjacent to an activating group) is 1. The summed E-state index contributed by atoms with van der Waals surface area (Å²) in [4.78, 5) is 14.4. The molecule has 0 bridgehead atoms. The number of phenols is 1. The maximum absolute atomic E-state index is 13.6. The summed E-state index contributed by atoms with van der Waals surface area (Å²) in [5.41, 5.74) is 2.53. The summed E-state index contributed by atoms with van der Waals surface area (Å²) >= 11 is 0.367. The highest BCUT2D eigenvalue weighted by molar-refractivity contribution is 7.80. The monoisotopic (exact) mass is 473 g/mol. The average Bonchev–Trinajstić information content (AvgIpc) is 3.47. The second-order valence-electron chi connectivity index (χ2n) is 7.23. The minimum Gasteiger partial charge on any atom is -0.505 e. The minimum atomic E-state index is -1.10. The van der Waals surface area contributed by atoms with E-state index in [9.17, 15) is 13.7 Å². The van der Waals surface area contributed by atoms with Crippen LogP contribution in [0.4, 0.5) is 10.3 Å². The van der Waals surface area contributed by atoms with E-state index in [1.165, 1.54) is 23.5 Å². The van der Waals surface area contributed by atoms with Gasteiger partial charge in [0.05, 0.1) is 11.4 Å². The summed E-state index contributed by atoms with van der Waals surface area (Å²) in [5.74, 6) is -0.673. The Kier molecular flexibility index (Phi) is 5.59. The molecule has 0 aliphatic carbocycles. The van der Waals surface area contributed by atoms with Crippen LogP contribution in [0.3, 0.4) is 0 Å². The Balaban J connectivity index is 1.43. The van der Waals surface area contributed by atoms with Crippen LogP contribution in [0.15, 0.2) is 42.0 Å². The van der Waals surface area contributed by atoms with Crippen LogP contribution in [0.25, 0.3) is 27.6 Å². The highest BCUT2D eigenvalue weighted by Crippen LogP contribution is 2.35. The molecule has 1 atom stereocenters. The van der Waals surface area contributed by atoms with Crippen molar-refractivity contribution in [3.63, 3.8) is 0 Å². The number of nitrogens with one attached hydrogen (secondary N) is 1. The summed E-state index contributed by atoms with van der Waals surface area (Å²) in [6.45, 7) is 2.68. The zero-order valence-electron chi connectivity index (χ0n) is 17.1. The summed E-state index contributed by atoms with van der Waals surface area (Å²) in [6, 6.07) is 5.94. The van der Waals surface area contributed by atoms with Gasteiger partial charge in [-0.15, -0.1) is 11.3 Å². The summed E-state index contributed by atoms with van der Waals surface area (Å²) in [7, 11) is 1.84. The lowest BCUT2D eigenvalue weighted by Gasteiger charge is -2.14. The van der Waals surface area contributed by atoms with Gasteiger partial charge in [0.15, 0.2) is 27.7 Å². The maximum Gasteiger partial charge on any atom is 0.223 e. The molecule has 3 aromatic heterocycles.